The van der Waals surface area contributed by atoms with Gasteiger partial charge in [0.25, 0.3) is 11.8 Å². The molecule has 0 radical (unpaired) electrons. The molecule has 29 heavy (non-hydrogen) atoms. The standard InChI is InChI=1S/C24H20N2O2S/c1-15-7-6-8-16(2)22(15)26-23(27)18-11-12-20-19(14-18)25-24(28)21(29-20)13-17-9-4-3-5-10-17/h3-14H,1-2H3,(H,25,28)(H,26,27)/b21-13-. The molecule has 0 saturated heterocycles. The Morgan fingerprint density at radius 1 is 0.966 bits per heavy atom. The number of thioether (sulfide) groups is 1. The molecule has 1 heterocycles. The first-order chi connectivity index (χ1) is 14.0. The van der Waals surface area contributed by atoms with Crippen LogP contribution in [-0.2, 0) is 4.79 Å². The van der Waals surface area contributed by atoms with Crippen molar-refractivity contribution in [2.24, 2.45) is 0 Å². The number of fused-ring (bicyclic) bond motifs is 1. The Labute approximate surface area is 174 Å². The van der Waals surface area contributed by atoms with Gasteiger partial charge in [0.15, 0.2) is 0 Å². The lowest BCUT2D eigenvalue weighted by Crippen LogP contribution is -2.19. The molecule has 0 aromatic heterocycles. The molecule has 1 aliphatic rings. The Bertz CT molecular complexity index is 1120. The zero-order valence-corrected chi connectivity index (χ0v) is 17.0. The fourth-order valence-corrected chi connectivity index (χ4v) is 4.13. The van der Waals surface area contributed by atoms with Gasteiger partial charge in [0, 0.05) is 16.1 Å². The Morgan fingerprint density at radius 3 is 2.41 bits per heavy atom. The van der Waals surface area contributed by atoms with Crippen molar-refractivity contribution < 1.29 is 9.59 Å². The van der Waals surface area contributed by atoms with Crippen LogP contribution in [0.25, 0.3) is 6.08 Å². The number of anilines is 2. The van der Waals surface area contributed by atoms with Crippen LogP contribution in [0.5, 0.6) is 0 Å². The van der Waals surface area contributed by atoms with Gasteiger partial charge >= 0.3 is 0 Å². The summed E-state index contributed by atoms with van der Waals surface area (Å²) in [6.45, 7) is 3.93. The number of rotatable bonds is 3. The van der Waals surface area contributed by atoms with E-state index in [-0.39, 0.29) is 11.8 Å². The molecule has 0 fully saturated rings. The quantitative estimate of drug-likeness (QED) is 0.559. The summed E-state index contributed by atoms with van der Waals surface area (Å²) in [6, 6.07) is 21.0. The zero-order valence-electron chi connectivity index (χ0n) is 16.2. The summed E-state index contributed by atoms with van der Waals surface area (Å²) in [6.07, 6.45) is 1.87. The number of para-hydroxylation sites is 1. The summed E-state index contributed by atoms with van der Waals surface area (Å²) >= 11 is 1.41. The highest BCUT2D eigenvalue weighted by Crippen LogP contribution is 2.39. The van der Waals surface area contributed by atoms with Gasteiger partial charge in [-0.2, -0.15) is 0 Å². The number of amides is 2. The van der Waals surface area contributed by atoms with Gasteiger partial charge in [-0.3, -0.25) is 9.59 Å². The highest BCUT2D eigenvalue weighted by molar-refractivity contribution is 8.04. The van der Waals surface area contributed by atoms with Gasteiger partial charge in [-0.1, -0.05) is 60.3 Å². The van der Waals surface area contributed by atoms with Crippen molar-refractivity contribution in [3.05, 3.63) is 93.9 Å². The second-order valence-corrected chi connectivity index (χ2v) is 7.99. The summed E-state index contributed by atoms with van der Waals surface area (Å²) in [5.74, 6) is -0.367. The van der Waals surface area contributed by atoms with E-state index < -0.39 is 0 Å². The number of carbonyl (C=O) groups is 2. The molecule has 2 amide bonds. The number of nitrogens with one attached hydrogen (secondary N) is 2. The Hall–Kier alpha value is -3.31. The molecule has 4 rings (SSSR count). The van der Waals surface area contributed by atoms with Crippen LogP contribution in [0.15, 0.2) is 76.5 Å². The van der Waals surface area contributed by atoms with Gasteiger partial charge in [-0.25, -0.2) is 0 Å². The first-order valence-electron chi connectivity index (χ1n) is 9.29. The summed E-state index contributed by atoms with van der Waals surface area (Å²) in [5.41, 5.74) is 4.97. The summed E-state index contributed by atoms with van der Waals surface area (Å²) in [5, 5.41) is 5.89. The SMILES string of the molecule is Cc1cccc(C)c1NC(=O)c1ccc2c(c1)NC(=O)/C(=C/c1ccccc1)S2. The predicted octanol–water partition coefficient (Wildman–Crippen LogP) is 5.64. The average molecular weight is 401 g/mol. The molecule has 3 aromatic carbocycles. The maximum Gasteiger partial charge on any atom is 0.262 e. The molecular formula is C24H20N2O2S. The van der Waals surface area contributed by atoms with Crippen LogP contribution < -0.4 is 10.6 Å². The smallest absolute Gasteiger partial charge is 0.262 e. The van der Waals surface area contributed by atoms with E-state index in [1.807, 2.05) is 74.5 Å². The maximum absolute atomic E-state index is 12.7. The highest BCUT2D eigenvalue weighted by atomic mass is 32.2. The van der Waals surface area contributed by atoms with Crippen LogP contribution >= 0.6 is 11.8 Å². The summed E-state index contributed by atoms with van der Waals surface area (Å²) < 4.78 is 0. The first-order valence-corrected chi connectivity index (χ1v) is 10.1. The Kier molecular flexibility index (Phi) is 5.23. The lowest BCUT2D eigenvalue weighted by atomic mass is 10.1. The molecule has 0 spiro atoms. The fraction of sp³-hybridized carbons (Fsp3) is 0.0833. The summed E-state index contributed by atoms with van der Waals surface area (Å²) in [7, 11) is 0. The van der Waals surface area contributed by atoms with Gasteiger partial charge in [0.1, 0.15) is 0 Å². The molecule has 0 bridgehead atoms. The fourth-order valence-electron chi connectivity index (χ4n) is 3.20. The van der Waals surface area contributed by atoms with Crippen LogP contribution in [0.1, 0.15) is 27.0 Å². The summed E-state index contributed by atoms with van der Waals surface area (Å²) in [4.78, 5) is 26.8. The second-order valence-electron chi connectivity index (χ2n) is 6.91. The monoisotopic (exact) mass is 400 g/mol. The topological polar surface area (TPSA) is 58.2 Å². The third kappa shape index (κ3) is 4.10. The molecule has 4 nitrogen and oxygen atoms in total. The van der Waals surface area contributed by atoms with Crippen LogP contribution in [-0.4, -0.2) is 11.8 Å². The minimum absolute atomic E-state index is 0.168. The van der Waals surface area contributed by atoms with Gasteiger partial charge in [-0.15, -0.1) is 0 Å². The Balaban J connectivity index is 1.57. The van der Waals surface area contributed by atoms with Crippen LogP contribution in [0.4, 0.5) is 11.4 Å². The third-order valence-corrected chi connectivity index (χ3v) is 5.85. The van der Waals surface area contributed by atoms with E-state index in [2.05, 4.69) is 10.6 Å². The molecule has 5 heteroatoms. The number of aryl methyl sites for hydroxylation is 2. The number of benzene rings is 3. The zero-order chi connectivity index (χ0) is 20.4. The van der Waals surface area contributed by atoms with E-state index in [9.17, 15) is 9.59 Å². The van der Waals surface area contributed by atoms with Crippen molar-refractivity contribution in [1.82, 2.24) is 0 Å². The van der Waals surface area contributed by atoms with Crippen LogP contribution in [0, 0.1) is 13.8 Å². The van der Waals surface area contributed by atoms with E-state index in [0.717, 1.165) is 27.3 Å². The normalized spacial score (nSPS) is 14.3. The first kappa shape index (κ1) is 19.0. The molecule has 3 aromatic rings. The number of hydrogen-bond acceptors (Lipinski definition) is 3. The van der Waals surface area contributed by atoms with Crippen LogP contribution in [0.3, 0.4) is 0 Å². The lowest BCUT2D eigenvalue weighted by Gasteiger charge is -2.19. The van der Waals surface area contributed by atoms with E-state index >= 15 is 0 Å². The third-order valence-electron chi connectivity index (χ3n) is 4.75. The Morgan fingerprint density at radius 2 is 1.69 bits per heavy atom. The number of hydrogen-bond donors (Lipinski definition) is 2. The maximum atomic E-state index is 12.7. The van der Waals surface area contributed by atoms with E-state index in [4.69, 9.17) is 0 Å². The molecular weight excluding hydrogens is 380 g/mol. The van der Waals surface area contributed by atoms with Crippen molar-refractivity contribution in [3.63, 3.8) is 0 Å². The van der Waals surface area contributed by atoms with Crippen LogP contribution in [0.2, 0.25) is 0 Å². The van der Waals surface area contributed by atoms with Crippen molar-refractivity contribution in [2.45, 2.75) is 18.7 Å². The minimum Gasteiger partial charge on any atom is -0.322 e. The molecule has 2 N–H and O–H groups in total. The number of carbonyl (C=O) groups excluding carboxylic acids is 2. The predicted molar refractivity (Wildman–Crippen MR) is 119 cm³/mol. The van der Waals surface area contributed by atoms with Crippen molar-refractivity contribution >= 4 is 41.0 Å². The molecule has 0 unspecified atom stereocenters. The van der Waals surface area contributed by atoms with E-state index in [1.54, 1.807) is 12.1 Å². The van der Waals surface area contributed by atoms with Crippen molar-refractivity contribution in [3.8, 4) is 0 Å². The molecule has 0 saturated carbocycles. The van der Waals surface area contributed by atoms with Gasteiger partial charge < -0.3 is 10.6 Å². The van der Waals surface area contributed by atoms with E-state index in [1.165, 1.54) is 11.8 Å². The van der Waals surface area contributed by atoms with Crippen molar-refractivity contribution in [2.75, 3.05) is 10.6 Å². The largest absolute Gasteiger partial charge is 0.322 e. The van der Waals surface area contributed by atoms with E-state index in [0.29, 0.717) is 16.2 Å². The molecule has 144 valence electrons. The molecule has 0 aliphatic carbocycles. The minimum atomic E-state index is -0.199. The van der Waals surface area contributed by atoms with Gasteiger partial charge in [-0.05, 0) is 54.8 Å². The second kappa shape index (κ2) is 7.97. The van der Waals surface area contributed by atoms with Gasteiger partial charge in [0.2, 0.25) is 0 Å². The molecule has 1 aliphatic heterocycles. The highest BCUT2D eigenvalue weighted by Gasteiger charge is 2.22. The van der Waals surface area contributed by atoms with Gasteiger partial charge in [0.05, 0.1) is 10.6 Å². The molecule has 0 atom stereocenters. The average Bonchev–Trinajstić information content (AvgIpc) is 2.72. The van der Waals surface area contributed by atoms with Crippen molar-refractivity contribution in [1.29, 1.82) is 0 Å². The lowest BCUT2D eigenvalue weighted by molar-refractivity contribution is -0.112.